The zero-order valence-electron chi connectivity index (χ0n) is 16.1. The first kappa shape index (κ1) is 18.6. The van der Waals surface area contributed by atoms with Crippen LogP contribution in [0.15, 0.2) is 42.6 Å². The predicted molar refractivity (Wildman–Crippen MR) is 105 cm³/mol. The Labute approximate surface area is 156 Å². The number of rotatable bonds is 5. The summed E-state index contributed by atoms with van der Waals surface area (Å²) in [6.07, 6.45) is 4.92. The topological polar surface area (TPSA) is 36.4 Å². The van der Waals surface area contributed by atoms with Crippen molar-refractivity contribution in [2.24, 2.45) is 0 Å². The van der Waals surface area contributed by atoms with Gasteiger partial charge in [0.2, 0.25) is 0 Å². The number of aromatic nitrogens is 1. The second-order valence-corrected chi connectivity index (χ2v) is 7.38. The Morgan fingerprint density at radius 3 is 2.62 bits per heavy atom. The number of hydrogen-bond acceptors (Lipinski definition) is 3. The van der Waals surface area contributed by atoms with E-state index in [0.717, 1.165) is 55.7 Å². The molecule has 0 spiro atoms. The smallest absolute Gasteiger partial charge is 0.254 e. The third kappa shape index (κ3) is 4.50. The molecular weight excluding hydrogens is 322 g/mol. The van der Waals surface area contributed by atoms with Crippen molar-refractivity contribution in [2.75, 3.05) is 26.7 Å². The molecule has 1 amide bonds. The van der Waals surface area contributed by atoms with Crippen molar-refractivity contribution < 1.29 is 4.79 Å². The highest BCUT2D eigenvalue weighted by Crippen LogP contribution is 2.20. The zero-order valence-corrected chi connectivity index (χ0v) is 16.1. The number of piperidine rings is 1. The van der Waals surface area contributed by atoms with Gasteiger partial charge in [0, 0.05) is 56.6 Å². The Balaban J connectivity index is 1.51. The molecule has 3 rings (SSSR count). The van der Waals surface area contributed by atoms with E-state index in [1.807, 2.05) is 49.3 Å². The van der Waals surface area contributed by atoms with Gasteiger partial charge in [-0.05, 0) is 50.5 Å². The van der Waals surface area contributed by atoms with Crippen molar-refractivity contribution in [3.8, 4) is 0 Å². The Morgan fingerprint density at radius 1 is 1.19 bits per heavy atom. The summed E-state index contributed by atoms with van der Waals surface area (Å²) in [5.74, 6) is 0.148. The summed E-state index contributed by atoms with van der Waals surface area (Å²) in [5.41, 5.74) is 4.24. The van der Waals surface area contributed by atoms with Gasteiger partial charge in [0.25, 0.3) is 5.91 Å². The lowest BCUT2D eigenvalue weighted by Gasteiger charge is -2.37. The minimum Gasteiger partial charge on any atom is -0.339 e. The predicted octanol–water partition coefficient (Wildman–Crippen LogP) is 3.48. The van der Waals surface area contributed by atoms with Crippen LogP contribution in [0.3, 0.4) is 0 Å². The lowest BCUT2D eigenvalue weighted by atomic mass is 10.00. The van der Waals surface area contributed by atoms with Gasteiger partial charge in [0.15, 0.2) is 0 Å². The molecule has 0 unspecified atom stereocenters. The molecule has 0 radical (unpaired) electrons. The third-order valence-electron chi connectivity index (χ3n) is 5.45. The van der Waals surface area contributed by atoms with Crippen molar-refractivity contribution >= 4 is 5.91 Å². The molecule has 0 bridgehead atoms. The molecule has 26 heavy (non-hydrogen) atoms. The fraction of sp³-hybridized carbons (Fsp3) is 0.455. The summed E-state index contributed by atoms with van der Waals surface area (Å²) in [6, 6.07) is 12.5. The molecular formula is C22H29N3O. The molecule has 1 aliphatic heterocycles. The Kier molecular flexibility index (Phi) is 6.04. The largest absolute Gasteiger partial charge is 0.339 e. The quantitative estimate of drug-likeness (QED) is 0.827. The van der Waals surface area contributed by atoms with Crippen LogP contribution in [0, 0.1) is 13.8 Å². The van der Waals surface area contributed by atoms with Crippen LogP contribution in [-0.2, 0) is 6.42 Å². The first-order valence-corrected chi connectivity index (χ1v) is 9.51. The van der Waals surface area contributed by atoms with Crippen molar-refractivity contribution in [2.45, 2.75) is 39.2 Å². The standard InChI is InChI=1S/C22H29N3O/c1-17-7-8-21(18(2)16-17)22(26)24(3)20-10-14-25(15-11-20)13-9-19-6-4-5-12-23-19/h4-8,12,16,20H,9-11,13-15H2,1-3H3. The summed E-state index contributed by atoms with van der Waals surface area (Å²) in [6.45, 7) is 7.21. The number of aryl methyl sites for hydroxylation is 2. The molecule has 2 heterocycles. The summed E-state index contributed by atoms with van der Waals surface area (Å²) < 4.78 is 0. The molecule has 4 nitrogen and oxygen atoms in total. The summed E-state index contributed by atoms with van der Waals surface area (Å²) in [7, 11) is 1.95. The molecule has 0 aliphatic carbocycles. The minimum atomic E-state index is 0.148. The van der Waals surface area contributed by atoms with E-state index in [9.17, 15) is 4.79 Å². The molecule has 4 heteroatoms. The molecule has 138 valence electrons. The van der Waals surface area contributed by atoms with Crippen LogP contribution in [0.2, 0.25) is 0 Å². The van der Waals surface area contributed by atoms with Gasteiger partial charge in [-0.15, -0.1) is 0 Å². The molecule has 1 fully saturated rings. The SMILES string of the molecule is Cc1ccc(C(=O)N(C)C2CCN(CCc3ccccn3)CC2)c(C)c1. The van der Waals surface area contributed by atoms with Crippen molar-refractivity contribution in [3.63, 3.8) is 0 Å². The molecule has 1 aromatic heterocycles. The Morgan fingerprint density at radius 2 is 1.96 bits per heavy atom. The van der Waals surface area contributed by atoms with E-state index in [2.05, 4.69) is 28.9 Å². The molecule has 1 aromatic carbocycles. The van der Waals surface area contributed by atoms with Crippen LogP contribution in [0.4, 0.5) is 0 Å². The number of hydrogen-bond donors (Lipinski definition) is 0. The second kappa shape index (κ2) is 8.45. The Hall–Kier alpha value is -2.20. The molecule has 2 aromatic rings. The van der Waals surface area contributed by atoms with Gasteiger partial charge in [0.1, 0.15) is 0 Å². The minimum absolute atomic E-state index is 0.148. The normalized spacial score (nSPS) is 15.8. The van der Waals surface area contributed by atoms with Crippen molar-refractivity contribution in [1.82, 2.24) is 14.8 Å². The monoisotopic (exact) mass is 351 g/mol. The summed E-state index contributed by atoms with van der Waals surface area (Å²) in [4.78, 5) is 21.7. The van der Waals surface area contributed by atoms with Crippen LogP contribution in [0.25, 0.3) is 0 Å². The molecule has 0 N–H and O–H groups in total. The maximum atomic E-state index is 12.9. The average Bonchev–Trinajstić information content (AvgIpc) is 2.66. The van der Waals surface area contributed by atoms with Crippen molar-refractivity contribution in [1.29, 1.82) is 0 Å². The number of likely N-dealkylation sites (tertiary alicyclic amines) is 1. The van der Waals surface area contributed by atoms with Crippen LogP contribution >= 0.6 is 0 Å². The van der Waals surface area contributed by atoms with Gasteiger partial charge >= 0.3 is 0 Å². The van der Waals surface area contributed by atoms with E-state index >= 15 is 0 Å². The number of amides is 1. The zero-order chi connectivity index (χ0) is 18.5. The van der Waals surface area contributed by atoms with Crippen LogP contribution < -0.4 is 0 Å². The average molecular weight is 351 g/mol. The van der Waals surface area contributed by atoms with Gasteiger partial charge in [-0.1, -0.05) is 23.8 Å². The van der Waals surface area contributed by atoms with Gasteiger partial charge < -0.3 is 9.80 Å². The fourth-order valence-corrected chi connectivity index (χ4v) is 3.76. The first-order chi connectivity index (χ1) is 12.5. The number of carbonyl (C=O) groups excluding carboxylic acids is 1. The maximum absolute atomic E-state index is 12.9. The first-order valence-electron chi connectivity index (χ1n) is 9.51. The molecule has 0 atom stereocenters. The summed E-state index contributed by atoms with van der Waals surface area (Å²) in [5, 5.41) is 0. The second-order valence-electron chi connectivity index (χ2n) is 7.38. The van der Waals surface area contributed by atoms with E-state index in [0.29, 0.717) is 6.04 Å². The van der Waals surface area contributed by atoms with E-state index in [-0.39, 0.29) is 5.91 Å². The van der Waals surface area contributed by atoms with Crippen LogP contribution in [0.5, 0.6) is 0 Å². The number of benzene rings is 1. The van der Waals surface area contributed by atoms with Gasteiger partial charge in [-0.2, -0.15) is 0 Å². The molecule has 1 aliphatic rings. The highest BCUT2D eigenvalue weighted by Gasteiger charge is 2.26. The number of carbonyl (C=O) groups is 1. The van der Waals surface area contributed by atoms with E-state index < -0.39 is 0 Å². The van der Waals surface area contributed by atoms with Crippen molar-refractivity contribution in [3.05, 3.63) is 65.0 Å². The molecule has 1 saturated heterocycles. The highest BCUT2D eigenvalue weighted by atomic mass is 16.2. The van der Waals surface area contributed by atoms with Crippen LogP contribution in [0.1, 0.15) is 40.0 Å². The lowest BCUT2D eigenvalue weighted by molar-refractivity contribution is 0.0642. The number of pyridine rings is 1. The third-order valence-corrected chi connectivity index (χ3v) is 5.45. The van der Waals surface area contributed by atoms with Gasteiger partial charge in [-0.3, -0.25) is 9.78 Å². The lowest BCUT2D eigenvalue weighted by Crippen LogP contribution is -2.46. The molecule has 0 saturated carbocycles. The number of nitrogens with zero attached hydrogens (tertiary/aromatic N) is 3. The van der Waals surface area contributed by atoms with Gasteiger partial charge in [0.05, 0.1) is 0 Å². The Bertz CT molecular complexity index is 736. The van der Waals surface area contributed by atoms with Crippen LogP contribution in [-0.4, -0.2) is 53.4 Å². The fourth-order valence-electron chi connectivity index (χ4n) is 3.76. The summed E-state index contributed by atoms with van der Waals surface area (Å²) >= 11 is 0. The van der Waals surface area contributed by atoms with E-state index in [1.54, 1.807) is 0 Å². The van der Waals surface area contributed by atoms with E-state index in [1.165, 1.54) is 5.56 Å². The maximum Gasteiger partial charge on any atom is 0.254 e. The van der Waals surface area contributed by atoms with E-state index in [4.69, 9.17) is 0 Å². The van der Waals surface area contributed by atoms with Gasteiger partial charge in [-0.25, -0.2) is 0 Å². The highest BCUT2D eigenvalue weighted by molar-refractivity contribution is 5.95.